The third kappa shape index (κ3) is 2.76. The van der Waals surface area contributed by atoms with E-state index in [2.05, 4.69) is 19.1 Å². The molecule has 1 spiro atoms. The number of aliphatic hydroxyl groups is 1. The molecule has 1 heterocycles. The van der Waals surface area contributed by atoms with Crippen LogP contribution >= 0.6 is 11.6 Å². The van der Waals surface area contributed by atoms with Gasteiger partial charge >= 0.3 is 0 Å². The Morgan fingerprint density at radius 1 is 1.29 bits per heavy atom. The molecule has 2 aliphatic carbocycles. The van der Waals surface area contributed by atoms with Crippen LogP contribution in [0.1, 0.15) is 56.1 Å². The Bertz CT molecular complexity index is 670. The summed E-state index contributed by atoms with van der Waals surface area (Å²) in [5.41, 5.74) is 2.43. The summed E-state index contributed by atoms with van der Waals surface area (Å²) in [6.45, 7) is 5.79. The van der Waals surface area contributed by atoms with Crippen LogP contribution in [0.5, 0.6) is 0 Å². The Balaban J connectivity index is 1.36. The predicted octanol–water partition coefficient (Wildman–Crippen LogP) is 3.91. The molecule has 1 aromatic rings. The van der Waals surface area contributed by atoms with E-state index in [1.54, 1.807) is 0 Å². The van der Waals surface area contributed by atoms with Gasteiger partial charge in [-0.15, -0.1) is 0 Å². The first-order valence-electron chi connectivity index (χ1n) is 9.04. The highest BCUT2D eigenvalue weighted by Crippen LogP contribution is 2.53. The third-order valence-corrected chi connectivity index (χ3v) is 6.70. The molecule has 0 radical (unpaired) electrons. The molecule has 1 amide bonds. The minimum Gasteiger partial charge on any atom is -0.390 e. The van der Waals surface area contributed by atoms with Crippen LogP contribution in [0.15, 0.2) is 18.2 Å². The maximum absolute atomic E-state index is 12.5. The standard InChI is InChI=1S/C20H26ClNO2/c1-13-7-16(21)3-4-17(13)14-5-6-20(10-14)11-22(12-20)18(23)15-8-19(2,24)9-15/h3-4,7,14-15,24H,5-6,8-12H2,1-2H3/t14-,15?,19?/m1/s1. The smallest absolute Gasteiger partial charge is 0.225 e. The lowest BCUT2D eigenvalue weighted by Crippen LogP contribution is -2.61. The Morgan fingerprint density at radius 3 is 2.62 bits per heavy atom. The van der Waals surface area contributed by atoms with E-state index in [1.165, 1.54) is 30.4 Å². The maximum atomic E-state index is 12.5. The molecule has 1 aliphatic heterocycles. The zero-order chi connectivity index (χ0) is 17.1. The van der Waals surface area contributed by atoms with Crippen molar-refractivity contribution >= 4 is 17.5 Å². The van der Waals surface area contributed by atoms with Gasteiger partial charge in [-0.1, -0.05) is 17.7 Å². The summed E-state index contributed by atoms with van der Waals surface area (Å²) >= 11 is 6.08. The largest absolute Gasteiger partial charge is 0.390 e. The van der Waals surface area contributed by atoms with Gasteiger partial charge in [-0.2, -0.15) is 0 Å². The molecule has 1 aromatic carbocycles. The fourth-order valence-electron chi connectivity index (χ4n) is 5.21. The predicted molar refractivity (Wildman–Crippen MR) is 95.1 cm³/mol. The Hall–Kier alpha value is -1.06. The van der Waals surface area contributed by atoms with Crippen molar-refractivity contribution in [2.24, 2.45) is 11.3 Å². The first-order chi connectivity index (χ1) is 11.3. The molecule has 24 heavy (non-hydrogen) atoms. The van der Waals surface area contributed by atoms with Gasteiger partial charge in [0.15, 0.2) is 0 Å². The van der Waals surface area contributed by atoms with E-state index in [0.717, 1.165) is 18.1 Å². The summed E-state index contributed by atoms with van der Waals surface area (Å²) < 4.78 is 0. The van der Waals surface area contributed by atoms with Gasteiger partial charge in [0.25, 0.3) is 0 Å². The SMILES string of the molecule is Cc1cc(Cl)ccc1[C@@H]1CCC2(C1)CN(C(=O)C1CC(C)(O)C1)C2. The minimum atomic E-state index is -0.618. The van der Waals surface area contributed by atoms with Crippen molar-refractivity contribution in [1.82, 2.24) is 4.90 Å². The number of carbonyl (C=O) groups excluding carboxylic acids is 1. The van der Waals surface area contributed by atoms with Crippen LogP contribution in [0, 0.1) is 18.3 Å². The average Bonchev–Trinajstić information content (AvgIpc) is 2.87. The lowest BCUT2D eigenvalue weighted by Gasteiger charge is -2.52. The second kappa shape index (κ2) is 5.47. The van der Waals surface area contributed by atoms with Crippen LogP contribution in [0.2, 0.25) is 5.02 Å². The first kappa shape index (κ1) is 16.4. The summed E-state index contributed by atoms with van der Waals surface area (Å²) in [5.74, 6) is 0.912. The number of rotatable bonds is 2. The van der Waals surface area contributed by atoms with Gasteiger partial charge < -0.3 is 10.0 Å². The van der Waals surface area contributed by atoms with Crippen LogP contribution in [0.3, 0.4) is 0 Å². The molecule has 0 aromatic heterocycles. The highest BCUT2D eigenvalue weighted by Gasteiger charge is 2.53. The summed E-state index contributed by atoms with van der Waals surface area (Å²) in [6, 6.07) is 6.23. The van der Waals surface area contributed by atoms with Crippen molar-refractivity contribution in [3.63, 3.8) is 0 Å². The molecule has 0 bridgehead atoms. The molecule has 4 rings (SSSR count). The van der Waals surface area contributed by atoms with Gasteiger partial charge in [0.05, 0.1) is 5.60 Å². The molecular weight excluding hydrogens is 322 g/mol. The zero-order valence-corrected chi connectivity index (χ0v) is 15.3. The number of halogens is 1. The number of amides is 1. The van der Waals surface area contributed by atoms with Crippen molar-refractivity contribution < 1.29 is 9.90 Å². The Kier molecular flexibility index (Phi) is 3.74. The summed E-state index contributed by atoms with van der Waals surface area (Å²) in [5, 5.41) is 10.6. The van der Waals surface area contributed by atoms with E-state index in [-0.39, 0.29) is 11.8 Å². The average molecular weight is 348 g/mol. The van der Waals surface area contributed by atoms with E-state index in [0.29, 0.717) is 24.2 Å². The van der Waals surface area contributed by atoms with Crippen molar-refractivity contribution in [1.29, 1.82) is 0 Å². The maximum Gasteiger partial charge on any atom is 0.225 e. The number of benzene rings is 1. The van der Waals surface area contributed by atoms with E-state index in [4.69, 9.17) is 11.6 Å². The first-order valence-corrected chi connectivity index (χ1v) is 9.42. The Labute approximate surface area is 149 Å². The number of nitrogens with zero attached hydrogens (tertiary/aromatic N) is 1. The van der Waals surface area contributed by atoms with Crippen LogP contribution < -0.4 is 0 Å². The molecule has 1 saturated heterocycles. The fourth-order valence-corrected chi connectivity index (χ4v) is 5.44. The molecule has 1 N–H and O–H groups in total. The van der Waals surface area contributed by atoms with E-state index < -0.39 is 5.60 Å². The minimum absolute atomic E-state index is 0.0491. The number of aryl methyl sites for hydroxylation is 1. The van der Waals surface area contributed by atoms with Gasteiger partial charge in [-0.05, 0) is 75.1 Å². The molecule has 130 valence electrons. The number of likely N-dealkylation sites (tertiary alicyclic amines) is 1. The van der Waals surface area contributed by atoms with Gasteiger partial charge in [-0.25, -0.2) is 0 Å². The van der Waals surface area contributed by atoms with Gasteiger partial charge in [-0.3, -0.25) is 4.79 Å². The Morgan fingerprint density at radius 2 is 2.00 bits per heavy atom. The number of hydrogen-bond acceptors (Lipinski definition) is 2. The molecule has 3 nitrogen and oxygen atoms in total. The molecule has 4 heteroatoms. The summed E-state index contributed by atoms with van der Waals surface area (Å²) in [6.07, 6.45) is 4.86. The summed E-state index contributed by atoms with van der Waals surface area (Å²) in [4.78, 5) is 14.5. The third-order valence-electron chi connectivity index (χ3n) is 6.46. The molecule has 3 fully saturated rings. The molecule has 0 unspecified atom stereocenters. The molecular formula is C20H26ClNO2. The topological polar surface area (TPSA) is 40.5 Å². The lowest BCUT2D eigenvalue weighted by atomic mass is 9.69. The van der Waals surface area contributed by atoms with Gasteiger partial charge in [0.1, 0.15) is 0 Å². The molecule has 2 saturated carbocycles. The van der Waals surface area contributed by atoms with E-state index in [1.807, 2.05) is 17.9 Å². The number of hydrogen-bond donors (Lipinski definition) is 1. The molecule has 3 aliphatic rings. The quantitative estimate of drug-likeness (QED) is 0.881. The van der Waals surface area contributed by atoms with Gasteiger partial charge in [0, 0.05) is 29.4 Å². The van der Waals surface area contributed by atoms with E-state index >= 15 is 0 Å². The summed E-state index contributed by atoms with van der Waals surface area (Å²) in [7, 11) is 0. The van der Waals surface area contributed by atoms with Crippen molar-refractivity contribution in [2.45, 2.75) is 57.5 Å². The second-order valence-corrected chi connectivity index (χ2v) is 9.17. The van der Waals surface area contributed by atoms with Crippen molar-refractivity contribution in [2.75, 3.05) is 13.1 Å². The van der Waals surface area contributed by atoms with Crippen LogP contribution in [-0.4, -0.2) is 34.6 Å². The fraction of sp³-hybridized carbons (Fsp3) is 0.650. The highest BCUT2D eigenvalue weighted by atomic mass is 35.5. The van der Waals surface area contributed by atoms with Crippen LogP contribution in [0.4, 0.5) is 0 Å². The normalized spacial score (nSPS) is 34.1. The second-order valence-electron chi connectivity index (χ2n) is 8.74. The lowest BCUT2D eigenvalue weighted by molar-refractivity contribution is -0.161. The highest BCUT2D eigenvalue weighted by molar-refractivity contribution is 6.30. The molecule has 1 atom stereocenters. The van der Waals surface area contributed by atoms with Crippen molar-refractivity contribution in [3.05, 3.63) is 34.3 Å². The van der Waals surface area contributed by atoms with E-state index in [9.17, 15) is 9.90 Å². The van der Waals surface area contributed by atoms with Crippen LogP contribution in [-0.2, 0) is 4.79 Å². The monoisotopic (exact) mass is 347 g/mol. The number of carbonyl (C=O) groups is 1. The van der Waals surface area contributed by atoms with Crippen LogP contribution in [0.25, 0.3) is 0 Å². The zero-order valence-electron chi connectivity index (χ0n) is 14.5. The van der Waals surface area contributed by atoms with Crippen molar-refractivity contribution in [3.8, 4) is 0 Å². The van der Waals surface area contributed by atoms with Gasteiger partial charge in [0.2, 0.25) is 5.91 Å².